The van der Waals surface area contributed by atoms with Crippen molar-refractivity contribution < 1.29 is 4.79 Å². The molecule has 1 unspecified atom stereocenters. The van der Waals surface area contributed by atoms with Crippen LogP contribution in [0.15, 0.2) is 0 Å². The maximum absolute atomic E-state index is 11.9. The Labute approximate surface area is 112 Å². The van der Waals surface area contributed by atoms with Crippen molar-refractivity contribution in [3.05, 3.63) is 0 Å². The molecular formula is C11H21N3OS2. The molecule has 2 rings (SSSR count). The second-order valence-corrected chi connectivity index (χ2v) is 6.78. The van der Waals surface area contributed by atoms with Gasteiger partial charge in [0.2, 0.25) is 5.91 Å². The van der Waals surface area contributed by atoms with E-state index >= 15 is 0 Å². The van der Waals surface area contributed by atoms with Crippen molar-refractivity contribution >= 4 is 29.4 Å². The summed E-state index contributed by atoms with van der Waals surface area (Å²) in [6.07, 6.45) is 0. The van der Waals surface area contributed by atoms with Gasteiger partial charge in [-0.15, -0.1) is 11.8 Å². The molecular weight excluding hydrogens is 254 g/mol. The van der Waals surface area contributed by atoms with E-state index in [1.54, 1.807) is 11.8 Å². The molecule has 2 aliphatic heterocycles. The summed E-state index contributed by atoms with van der Waals surface area (Å²) in [4.78, 5) is 14.3. The predicted molar refractivity (Wildman–Crippen MR) is 75.9 cm³/mol. The van der Waals surface area contributed by atoms with Crippen LogP contribution in [-0.2, 0) is 4.79 Å². The van der Waals surface area contributed by atoms with Gasteiger partial charge in [-0.25, -0.2) is 0 Å². The highest BCUT2D eigenvalue weighted by atomic mass is 32.2. The lowest BCUT2D eigenvalue weighted by Gasteiger charge is -2.27. The Bertz CT molecular complexity index is 241. The van der Waals surface area contributed by atoms with Gasteiger partial charge in [0.05, 0.1) is 5.25 Å². The molecule has 2 heterocycles. The first kappa shape index (κ1) is 13.5. The first-order valence-electron chi connectivity index (χ1n) is 6.26. The standard InChI is InChI=1S/C11H21N3OS2/c15-11(10-9-16-7-8-17-10)13-3-6-14-4-1-12-2-5-14/h10,12H,1-9H2,(H,13,15). The van der Waals surface area contributed by atoms with Crippen LogP contribution in [0.2, 0.25) is 0 Å². The Morgan fingerprint density at radius 2 is 2.18 bits per heavy atom. The van der Waals surface area contributed by atoms with E-state index in [1.165, 1.54) is 5.75 Å². The highest BCUT2D eigenvalue weighted by molar-refractivity contribution is 8.07. The van der Waals surface area contributed by atoms with Gasteiger partial charge in [-0.3, -0.25) is 9.69 Å². The molecule has 0 aliphatic carbocycles. The topological polar surface area (TPSA) is 44.4 Å². The van der Waals surface area contributed by atoms with Gasteiger partial charge in [-0.2, -0.15) is 11.8 Å². The average molecular weight is 275 g/mol. The van der Waals surface area contributed by atoms with Gasteiger partial charge in [0.1, 0.15) is 0 Å². The third-order valence-electron chi connectivity index (χ3n) is 3.05. The van der Waals surface area contributed by atoms with E-state index in [-0.39, 0.29) is 11.2 Å². The fraction of sp³-hybridized carbons (Fsp3) is 0.909. The number of hydrogen-bond donors (Lipinski definition) is 2. The number of thioether (sulfide) groups is 2. The number of piperazine rings is 1. The third-order valence-corrected chi connectivity index (χ3v) is 5.80. The average Bonchev–Trinajstić information content (AvgIpc) is 2.41. The molecule has 6 heteroatoms. The minimum absolute atomic E-state index is 0.178. The molecule has 0 aromatic carbocycles. The summed E-state index contributed by atoms with van der Waals surface area (Å²) < 4.78 is 0. The van der Waals surface area contributed by atoms with Gasteiger partial charge in [0.15, 0.2) is 0 Å². The van der Waals surface area contributed by atoms with Crippen LogP contribution in [0.3, 0.4) is 0 Å². The first-order chi connectivity index (χ1) is 8.36. The van der Waals surface area contributed by atoms with Crippen LogP contribution < -0.4 is 10.6 Å². The van der Waals surface area contributed by atoms with E-state index in [2.05, 4.69) is 15.5 Å². The molecule has 17 heavy (non-hydrogen) atoms. The van der Waals surface area contributed by atoms with Crippen molar-refractivity contribution in [1.29, 1.82) is 0 Å². The van der Waals surface area contributed by atoms with Crippen molar-refractivity contribution in [3.63, 3.8) is 0 Å². The summed E-state index contributed by atoms with van der Waals surface area (Å²) in [6.45, 7) is 6.12. The Morgan fingerprint density at radius 3 is 2.88 bits per heavy atom. The Morgan fingerprint density at radius 1 is 1.35 bits per heavy atom. The molecule has 0 radical (unpaired) electrons. The van der Waals surface area contributed by atoms with Crippen LogP contribution in [0.5, 0.6) is 0 Å². The molecule has 0 bridgehead atoms. The largest absolute Gasteiger partial charge is 0.354 e. The van der Waals surface area contributed by atoms with E-state index in [0.717, 1.165) is 50.8 Å². The molecule has 2 fully saturated rings. The van der Waals surface area contributed by atoms with Crippen molar-refractivity contribution in [1.82, 2.24) is 15.5 Å². The van der Waals surface area contributed by atoms with Crippen LogP contribution in [0.4, 0.5) is 0 Å². The number of carbonyl (C=O) groups excluding carboxylic acids is 1. The molecule has 2 aliphatic rings. The minimum Gasteiger partial charge on any atom is -0.354 e. The summed E-state index contributed by atoms with van der Waals surface area (Å²) in [5.74, 6) is 3.51. The highest BCUT2D eigenvalue weighted by Gasteiger charge is 2.21. The number of hydrogen-bond acceptors (Lipinski definition) is 5. The number of nitrogens with zero attached hydrogens (tertiary/aromatic N) is 1. The summed E-state index contributed by atoms with van der Waals surface area (Å²) in [5, 5.41) is 6.57. The number of amides is 1. The Balaban J connectivity index is 1.58. The molecule has 2 saturated heterocycles. The van der Waals surface area contributed by atoms with E-state index < -0.39 is 0 Å². The monoisotopic (exact) mass is 275 g/mol. The van der Waals surface area contributed by atoms with Crippen LogP contribution in [0.1, 0.15) is 0 Å². The third kappa shape index (κ3) is 4.69. The molecule has 0 saturated carbocycles. The van der Waals surface area contributed by atoms with E-state index in [4.69, 9.17) is 0 Å². The maximum atomic E-state index is 11.9. The lowest BCUT2D eigenvalue weighted by atomic mass is 10.3. The van der Waals surface area contributed by atoms with Crippen LogP contribution in [0.25, 0.3) is 0 Å². The van der Waals surface area contributed by atoms with Gasteiger partial charge in [0, 0.05) is 56.5 Å². The smallest absolute Gasteiger partial charge is 0.234 e. The fourth-order valence-corrected chi connectivity index (χ4v) is 4.61. The second kappa shape index (κ2) is 7.51. The molecule has 0 spiro atoms. The normalized spacial score (nSPS) is 26.7. The molecule has 2 N–H and O–H groups in total. The number of carbonyl (C=O) groups is 1. The molecule has 1 amide bonds. The predicted octanol–water partition coefficient (Wildman–Crippen LogP) is -0.144. The summed E-state index contributed by atoms with van der Waals surface area (Å²) in [6, 6.07) is 0. The first-order valence-corrected chi connectivity index (χ1v) is 8.47. The Kier molecular flexibility index (Phi) is 5.97. The summed E-state index contributed by atoms with van der Waals surface area (Å²) in [5.41, 5.74) is 0. The zero-order chi connectivity index (χ0) is 11.9. The lowest BCUT2D eigenvalue weighted by molar-refractivity contribution is -0.120. The highest BCUT2D eigenvalue weighted by Crippen LogP contribution is 2.23. The van der Waals surface area contributed by atoms with Gasteiger partial charge < -0.3 is 10.6 Å². The SMILES string of the molecule is O=C(NCCN1CCNCC1)C1CSCCS1. The maximum Gasteiger partial charge on any atom is 0.234 e. The van der Waals surface area contributed by atoms with E-state index in [0.29, 0.717) is 0 Å². The molecule has 1 atom stereocenters. The lowest BCUT2D eigenvalue weighted by Crippen LogP contribution is -2.47. The molecule has 0 aromatic rings. The van der Waals surface area contributed by atoms with E-state index in [1.807, 2.05) is 11.8 Å². The van der Waals surface area contributed by atoms with Crippen LogP contribution in [-0.4, -0.2) is 72.6 Å². The summed E-state index contributed by atoms with van der Waals surface area (Å²) >= 11 is 3.69. The zero-order valence-corrected chi connectivity index (χ0v) is 11.7. The second-order valence-electron chi connectivity index (χ2n) is 4.32. The van der Waals surface area contributed by atoms with Gasteiger partial charge in [-0.1, -0.05) is 0 Å². The quantitative estimate of drug-likeness (QED) is 0.747. The molecule has 98 valence electrons. The van der Waals surface area contributed by atoms with Crippen molar-refractivity contribution in [2.75, 3.05) is 56.5 Å². The Hall–Kier alpha value is 0.0900. The van der Waals surface area contributed by atoms with Crippen LogP contribution in [0, 0.1) is 0 Å². The minimum atomic E-state index is 0.178. The number of nitrogens with one attached hydrogen (secondary N) is 2. The van der Waals surface area contributed by atoms with Gasteiger partial charge in [-0.05, 0) is 0 Å². The zero-order valence-electron chi connectivity index (χ0n) is 10.1. The van der Waals surface area contributed by atoms with Crippen molar-refractivity contribution in [2.45, 2.75) is 5.25 Å². The van der Waals surface area contributed by atoms with Crippen molar-refractivity contribution in [2.24, 2.45) is 0 Å². The molecule has 4 nitrogen and oxygen atoms in total. The number of rotatable bonds is 4. The van der Waals surface area contributed by atoms with Gasteiger partial charge >= 0.3 is 0 Å². The van der Waals surface area contributed by atoms with Crippen LogP contribution >= 0.6 is 23.5 Å². The van der Waals surface area contributed by atoms with E-state index in [9.17, 15) is 4.79 Å². The fourth-order valence-electron chi connectivity index (χ4n) is 2.02. The summed E-state index contributed by atoms with van der Waals surface area (Å²) in [7, 11) is 0. The van der Waals surface area contributed by atoms with Crippen molar-refractivity contribution in [3.8, 4) is 0 Å². The molecule has 0 aromatic heterocycles. The van der Waals surface area contributed by atoms with Gasteiger partial charge in [0.25, 0.3) is 0 Å².